The van der Waals surface area contributed by atoms with E-state index in [0.717, 1.165) is 5.56 Å². The Kier molecular flexibility index (Phi) is 4.38. The molecule has 1 saturated heterocycles. The van der Waals surface area contributed by atoms with Gasteiger partial charge in [-0.15, -0.1) is 0 Å². The highest BCUT2D eigenvalue weighted by atomic mass is 32.2. The SMILES string of the molecule is Cc1cccc(S(=O)(=O)N[C@@H]2CCN(c3ccc(F)cc3)C2=O)c1. The van der Waals surface area contributed by atoms with Crippen LogP contribution in [0.4, 0.5) is 10.1 Å². The summed E-state index contributed by atoms with van der Waals surface area (Å²) in [6.07, 6.45) is 0.362. The number of anilines is 1. The van der Waals surface area contributed by atoms with E-state index in [2.05, 4.69) is 4.72 Å². The number of amides is 1. The maximum atomic E-state index is 13.0. The lowest BCUT2D eigenvalue weighted by Crippen LogP contribution is -2.41. The molecule has 7 heteroatoms. The molecular weight excluding hydrogens is 331 g/mol. The molecule has 1 aliphatic heterocycles. The first-order chi connectivity index (χ1) is 11.4. The van der Waals surface area contributed by atoms with Crippen LogP contribution in [-0.4, -0.2) is 26.9 Å². The molecular formula is C17H17FN2O3S. The number of halogens is 1. The maximum Gasteiger partial charge on any atom is 0.245 e. The Bertz CT molecular complexity index is 866. The molecule has 1 heterocycles. The average Bonchev–Trinajstić information content (AvgIpc) is 2.89. The molecule has 2 aromatic rings. The quantitative estimate of drug-likeness (QED) is 0.921. The molecule has 0 radical (unpaired) electrons. The van der Waals surface area contributed by atoms with Crippen LogP contribution in [0.5, 0.6) is 0 Å². The molecule has 0 unspecified atom stereocenters. The summed E-state index contributed by atoms with van der Waals surface area (Å²) >= 11 is 0. The van der Waals surface area contributed by atoms with Gasteiger partial charge in [0.25, 0.3) is 0 Å². The molecule has 0 aromatic heterocycles. The topological polar surface area (TPSA) is 66.5 Å². The van der Waals surface area contributed by atoms with Gasteiger partial charge in [-0.25, -0.2) is 12.8 Å². The molecule has 5 nitrogen and oxygen atoms in total. The van der Waals surface area contributed by atoms with Crippen LogP contribution >= 0.6 is 0 Å². The van der Waals surface area contributed by atoms with E-state index >= 15 is 0 Å². The summed E-state index contributed by atoms with van der Waals surface area (Å²) in [7, 11) is -3.77. The van der Waals surface area contributed by atoms with Gasteiger partial charge in [-0.3, -0.25) is 4.79 Å². The van der Waals surface area contributed by atoms with Crippen molar-refractivity contribution in [2.24, 2.45) is 0 Å². The molecule has 1 aliphatic rings. The molecule has 2 aromatic carbocycles. The fraction of sp³-hybridized carbons (Fsp3) is 0.235. The Morgan fingerprint density at radius 1 is 1.17 bits per heavy atom. The van der Waals surface area contributed by atoms with E-state index < -0.39 is 16.1 Å². The van der Waals surface area contributed by atoms with Crippen LogP contribution in [0.2, 0.25) is 0 Å². The summed E-state index contributed by atoms with van der Waals surface area (Å²) < 4.78 is 40.3. The van der Waals surface area contributed by atoms with Crippen molar-refractivity contribution in [2.45, 2.75) is 24.3 Å². The molecule has 0 bridgehead atoms. The number of rotatable bonds is 4. The average molecular weight is 348 g/mol. The van der Waals surface area contributed by atoms with E-state index in [-0.39, 0.29) is 16.6 Å². The molecule has 0 aliphatic carbocycles. The van der Waals surface area contributed by atoms with Crippen molar-refractivity contribution < 1.29 is 17.6 Å². The van der Waals surface area contributed by atoms with Gasteiger partial charge in [0.1, 0.15) is 11.9 Å². The normalized spacial score (nSPS) is 18.2. The standard InChI is InChI=1S/C17H17FN2O3S/c1-12-3-2-4-15(11-12)24(22,23)19-16-9-10-20(17(16)21)14-7-5-13(18)6-8-14/h2-8,11,16,19H,9-10H2,1H3/t16-/m1/s1. The van der Waals surface area contributed by atoms with Crippen LogP contribution in [-0.2, 0) is 14.8 Å². The highest BCUT2D eigenvalue weighted by Crippen LogP contribution is 2.23. The van der Waals surface area contributed by atoms with Crippen molar-refractivity contribution in [3.05, 3.63) is 59.9 Å². The van der Waals surface area contributed by atoms with Crippen LogP contribution < -0.4 is 9.62 Å². The number of carbonyl (C=O) groups is 1. The zero-order valence-electron chi connectivity index (χ0n) is 13.1. The second-order valence-corrected chi connectivity index (χ2v) is 7.46. The predicted molar refractivity (Wildman–Crippen MR) is 88.7 cm³/mol. The van der Waals surface area contributed by atoms with Gasteiger partial charge in [-0.05, 0) is 55.3 Å². The first kappa shape index (κ1) is 16.6. The third kappa shape index (κ3) is 3.32. The van der Waals surface area contributed by atoms with E-state index in [1.165, 1.54) is 35.2 Å². The van der Waals surface area contributed by atoms with Crippen LogP contribution in [0.1, 0.15) is 12.0 Å². The molecule has 0 spiro atoms. The molecule has 3 rings (SSSR count). The Labute approximate surface area is 140 Å². The summed E-state index contributed by atoms with van der Waals surface area (Å²) in [5.41, 5.74) is 1.38. The van der Waals surface area contributed by atoms with Crippen molar-refractivity contribution in [1.82, 2.24) is 4.72 Å². The van der Waals surface area contributed by atoms with Gasteiger partial charge in [-0.2, -0.15) is 4.72 Å². The summed E-state index contributed by atoms with van der Waals surface area (Å²) in [5.74, 6) is -0.722. The Balaban J connectivity index is 1.77. The van der Waals surface area contributed by atoms with Crippen LogP contribution in [0.3, 0.4) is 0 Å². The number of hydrogen-bond donors (Lipinski definition) is 1. The molecule has 126 valence electrons. The predicted octanol–water partition coefficient (Wildman–Crippen LogP) is 2.22. The lowest BCUT2D eigenvalue weighted by atomic mass is 10.2. The van der Waals surface area contributed by atoms with Gasteiger partial charge in [0.15, 0.2) is 0 Å². The number of aryl methyl sites for hydroxylation is 1. The monoisotopic (exact) mass is 348 g/mol. The second-order valence-electron chi connectivity index (χ2n) is 5.75. The lowest BCUT2D eigenvalue weighted by molar-refractivity contribution is -0.118. The van der Waals surface area contributed by atoms with Gasteiger partial charge < -0.3 is 4.90 Å². The van der Waals surface area contributed by atoms with E-state index in [1.54, 1.807) is 25.1 Å². The van der Waals surface area contributed by atoms with E-state index in [1.807, 2.05) is 0 Å². The first-order valence-corrected chi connectivity index (χ1v) is 9.01. The Hall–Kier alpha value is -2.25. The van der Waals surface area contributed by atoms with E-state index in [0.29, 0.717) is 18.7 Å². The molecule has 0 saturated carbocycles. The van der Waals surface area contributed by atoms with Gasteiger partial charge in [-0.1, -0.05) is 12.1 Å². The zero-order valence-corrected chi connectivity index (χ0v) is 13.9. The van der Waals surface area contributed by atoms with Crippen molar-refractivity contribution in [2.75, 3.05) is 11.4 Å². The van der Waals surface area contributed by atoms with E-state index in [9.17, 15) is 17.6 Å². The number of benzene rings is 2. The third-order valence-electron chi connectivity index (χ3n) is 3.94. The summed E-state index contributed by atoms with van der Waals surface area (Å²) in [5, 5.41) is 0. The number of sulfonamides is 1. The maximum absolute atomic E-state index is 13.0. The second kappa shape index (κ2) is 6.33. The molecule has 24 heavy (non-hydrogen) atoms. The number of nitrogens with zero attached hydrogens (tertiary/aromatic N) is 1. The van der Waals surface area contributed by atoms with Gasteiger partial charge in [0.2, 0.25) is 15.9 Å². The fourth-order valence-electron chi connectivity index (χ4n) is 2.70. The largest absolute Gasteiger partial charge is 0.311 e. The van der Waals surface area contributed by atoms with Gasteiger partial charge >= 0.3 is 0 Å². The summed E-state index contributed by atoms with van der Waals surface area (Å²) in [4.78, 5) is 14.1. The number of hydrogen-bond acceptors (Lipinski definition) is 3. The lowest BCUT2D eigenvalue weighted by Gasteiger charge is -2.17. The van der Waals surface area contributed by atoms with Crippen LogP contribution in [0.25, 0.3) is 0 Å². The van der Waals surface area contributed by atoms with Crippen molar-refractivity contribution in [3.8, 4) is 0 Å². The highest BCUT2D eigenvalue weighted by Gasteiger charge is 2.35. The smallest absolute Gasteiger partial charge is 0.245 e. The molecule has 1 amide bonds. The zero-order chi connectivity index (χ0) is 17.3. The van der Waals surface area contributed by atoms with Crippen LogP contribution in [0, 0.1) is 12.7 Å². The summed E-state index contributed by atoms with van der Waals surface area (Å²) in [6.45, 7) is 2.18. The minimum atomic E-state index is -3.77. The summed E-state index contributed by atoms with van der Waals surface area (Å²) in [6, 6.07) is 11.2. The number of nitrogens with one attached hydrogen (secondary N) is 1. The third-order valence-corrected chi connectivity index (χ3v) is 5.41. The first-order valence-electron chi connectivity index (χ1n) is 7.53. The van der Waals surface area contributed by atoms with Crippen LogP contribution in [0.15, 0.2) is 53.4 Å². The van der Waals surface area contributed by atoms with Gasteiger partial charge in [0.05, 0.1) is 4.90 Å². The van der Waals surface area contributed by atoms with Crippen molar-refractivity contribution in [1.29, 1.82) is 0 Å². The highest BCUT2D eigenvalue weighted by molar-refractivity contribution is 7.89. The molecule has 1 N–H and O–H groups in total. The molecule has 1 atom stereocenters. The fourth-order valence-corrected chi connectivity index (χ4v) is 4.03. The van der Waals surface area contributed by atoms with Crippen molar-refractivity contribution >= 4 is 21.6 Å². The Morgan fingerprint density at radius 2 is 1.88 bits per heavy atom. The Morgan fingerprint density at radius 3 is 2.54 bits per heavy atom. The van der Waals surface area contributed by atoms with E-state index in [4.69, 9.17) is 0 Å². The van der Waals surface area contributed by atoms with Gasteiger partial charge in [0, 0.05) is 12.2 Å². The minimum Gasteiger partial charge on any atom is -0.311 e. The number of carbonyl (C=O) groups excluding carboxylic acids is 1. The molecule has 1 fully saturated rings. The minimum absolute atomic E-state index is 0.135. The van der Waals surface area contributed by atoms with Crippen molar-refractivity contribution in [3.63, 3.8) is 0 Å².